The summed E-state index contributed by atoms with van der Waals surface area (Å²) in [4.78, 5) is 73.0. The van der Waals surface area contributed by atoms with Crippen LogP contribution in [0.1, 0.15) is 433 Å². The predicted molar refractivity (Wildman–Crippen MR) is 409 cm³/mol. The quantitative estimate of drug-likeness (QED) is 0.0222. The van der Waals surface area contributed by atoms with Crippen molar-refractivity contribution in [3.05, 3.63) is 0 Å². The smallest absolute Gasteiger partial charge is 0.462 e. The van der Waals surface area contributed by atoms with Gasteiger partial charge in [0.05, 0.1) is 26.4 Å². The average molecular weight is 1470 g/mol. The number of hydrogen-bond donors (Lipinski definition) is 3. The fraction of sp³-hybridized carbons (Fsp3) is 0.951. The van der Waals surface area contributed by atoms with Gasteiger partial charge in [-0.15, -0.1) is 0 Å². The number of aliphatic hydroxyl groups excluding tert-OH is 1. The standard InChI is InChI=1S/C81H158O17P2/c1-6-10-13-16-19-22-25-27-29-30-31-32-33-34-36-38-40-46-51-56-61-66-80(85)97-77(71-92-79(84)65-60-55-50-45-39-37-35-28-26-23-20-17-14-11-7-2)73-96-100(89,90)94-69-75(82)68-93-99(87,88)95-72-76(70-91-78(83)64-59-54-49-44-24-21-18-15-12-8-3)98-81(86)67-62-57-52-47-42-41-43-48-53-58-63-74(5)9-4/h74-77,82H,6-73H2,1-5H3,(H,87,88)(H,89,90)/t74?,75-,76+,77+/m0/s1. The Bertz CT molecular complexity index is 1910. The van der Waals surface area contributed by atoms with Crippen LogP contribution in [0.3, 0.4) is 0 Å². The van der Waals surface area contributed by atoms with Crippen LogP contribution in [0, 0.1) is 5.92 Å². The molecule has 0 aliphatic carbocycles. The monoisotopic (exact) mass is 1470 g/mol. The summed E-state index contributed by atoms with van der Waals surface area (Å²) in [6.07, 6.45) is 65.1. The third-order valence-corrected chi connectivity index (χ3v) is 21.3. The first kappa shape index (κ1) is 98.1. The number of aliphatic hydroxyl groups is 1. The number of esters is 4. The fourth-order valence-corrected chi connectivity index (χ4v) is 14.1. The van der Waals surface area contributed by atoms with E-state index in [1.165, 1.54) is 257 Å². The molecule has 0 aliphatic rings. The van der Waals surface area contributed by atoms with Gasteiger partial charge in [0.25, 0.3) is 0 Å². The molecule has 0 bridgehead atoms. The van der Waals surface area contributed by atoms with E-state index >= 15 is 0 Å². The lowest BCUT2D eigenvalue weighted by Gasteiger charge is -2.21. The summed E-state index contributed by atoms with van der Waals surface area (Å²) in [6, 6.07) is 0. The van der Waals surface area contributed by atoms with Gasteiger partial charge in [-0.1, -0.05) is 381 Å². The van der Waals surface area contributed by atoms with Gasteiger partial charge < -0.3 is 33.8 Å². The van der Waals surface area contributed by atoms with Crippen molar-refractivity contribution >= 4 is 39.5 Å². The topological polar surface area (TPSA) is 237 Å². The number of unbranched alkanes of at least 4 members (excludes halogenated alkanes) is 52. The molecule has 0 rings (SSSR count). The summed E-state index contributed by atoms with van der Waals surface area (Å²) < 4.78 is 68.7. The van der Waals surface area contributed by atoms with Gasteiger partial charge in [0.2, 0.25) is 0 Å². The molecule has 3 N–H and O–H groups in total. The Morgan fingerprint density at radius 1 is 0.280 bits per heavy atom. The van der Waals surface area contributed by atoms with Crippen molar-refractivity contribution in [1.82, 2.24) is 0 Å². The molecular weight excluding hydrogens is 1310 g/mol. The van der Waals surface area contributed by atoms with Crippen LogP contribution in [0.15, 0.2) is 0 Å². The second-order valence-corrected chi connectivity index (χ2v) is 32.3. The molecule has 0 saturated carbocycles. The minimum absolute atomic E-state index is 0.107. The lowest BCUT2D eigenvalue weighted by atomic mass is 9.99. The summed E-state index contributed by atoms with van der Waals surface area (Å²) >= 11 is 0. The fourth-order valence-electron chi connectivity index (χ4n) is 12.6. The third kappa shape index (κ3) is 73.0. The summed E-state index contributed by atoms with van der Waals surface area (Å²) in [6.45, 7) is 7.35. The van der Waals surface area contributed by atoms with E-state index in [-0.39, 0.29) is 25.7 Å². The zero-order chi connectivity index (χ0) is 73.4. The highest BCUT2D eigenvalue weighted by molar-refractivity contribution is 7.47. The van der Waals surface area contributed by atoms with E-state index in [9.17, 15) is 43.2 Å². The van der Waals surface area contributed by atoms with Gasteiger partial charge >= 0.3 is 39.5 Å². The predicted octanol–water partition coefficient (Wildman–Crippen LogP) is 24.4. The first-order valence-corrected chi connectivity index (χ1v) is 45.2. The molecule has 3 unspecified atom stereocenters. The Balaban J connectivity index is 5.22. The van der Waals surface area contributed by atoms with Gasteiger partial charge in [0, 0.05) is 25.7 Å². The largest absolute Gasteiger partial charge is 0.472 e. The van der Waals surface area contributed by atoms with Crippen LogP contribution in [-0.4, -0.2) is 96.7 Å². The molecule has 6 atom stereocenters. The number of carbonyl (C=O) groups excluding carboxylic acids is 4. The van der Waals surface area contributed by atoms with E-state index in [0.29, 0.717) is 25.7 Å². The number of rotatable bonds is 81. The van der Waals surface area contributed by atoms with Gasteiger partial charge in [-0.3, -0.25) is 37.3 Å². The number of ether oxygens (including phenoxy) is 4. The molecule has 0 aromatic carbocycles. The number of hydrogen-bond acceptors (Lipinski definition) is 15. The number of carbonyl (C=O) groups is 4. The highest BCUT2D eigenvalue weighted by atomic mass is 31.2. The lowest BCUT2D eigenvalue weighted by molar-refractivity contribution is -0.161. The van der Waals surface area contributed by atoms with Crippen LogP contribution >= 0.6 is 15.6 Å². The Morgan fingerprint density at radius 3 is 0.710 bits per heavy atom. The van der Waals surface area contributed by atoms with Crippen molar-refractivity contribution in [3.63, 3.8) is 0 Å². The second-order valence-electron chi connectivity index (χ2n) is 29.4. The van der Waals surface area contributed by atoms with Crippen molar-refractivity contribution in [2.24, 2.45) is 5.92 Å². The number of phosphoric acid groups is 2. The highest BCUT2D eigenvalue weighted by Crippen LogP contribution is 2.45. The molecule has 0 radical (unpaired) electrons. The van der Waals surface area contributed by atoms with Crippen molar-refractivity contribution in [2.75, 3.05) is 39.6 Å². The Kier molecular flexibility index (Phi) is 72.5. The SMILES string of the molecule is CCCCCCCCCCCCCCCCCCCCCCCC(=O)O[C@H](COC(=O)CCCCCCCCCCCCCCCCC)COP(=O)(O)OC[C@@H](O)COP(=O)(O)OC[C@@H](COC(=O)CCCCCCCCCCCC)OC(=O)CCCCCCCCCCCCC(C)CC. The van der Waals surface area contributed by atoms with Crippen molar-refractivity contribution in [2.45, 2.75) is 451 Å². The third-order valence-electron chi connectivity index (χ3n) is 19.4. The van der Waals surface area contributed by atoms with Crippen LogP contribution in [0.4, 0.5) is 0 Å². The van der Waals surface area contributed by atoms with Gasteiger partial charge in [0.15, 0.2) is 12.2 Å². The molecule has 0 fully saturated rings. The lowest BCUT2D eigenvalue weighted by Crippen LogP contribution is -2.30. The van der Waals surface area contributed by atoms with Crippen LogP contribution in [0.25, 0.3) is 0 Å². The van der Waals surface area contributed by atoms with Crippen molar-refractivity contribution in [3.8, 4) is 0 Å². The van der Waals surface area contributed by atoms with Crippen LogP contribution in [-0.2, 0) is 65.4 Å². The summed E-state index contributed by atoms with van der Waals surface area (Å²) in [7, 11) is -9.92. The molecule has 0 saturated heterocycles. The first-order valence-electron chi connectivity index (χ1n) is 42.2. The maximum Gasteiger partial charge on any atom is 0.472 e. The molecule has 0 spiro atoms. The van der Waals surface area contributed by atoms with E-state index in [1.807, 2.05) is 0 Å². The molecular formula is C81H158O17P2. The van der Waals surface area contributed by atoms with E-state index < -0.39 is 97.5 Å². The van der Waals surface area contributed by atoms with E-state index in [1.54, 1.807) is 0 Å². The van der Waals surface area contributed by atoms with Gasteiger partial charge in [-0.25, -0.2) is 9.13 Å². The summed E-state index contributed by atoms with van der Waals surface area (Å²) in [5.41, 5.74) is 0. The van der Waals surface area contributed by atoms with Crippen LogP contribution < -0.4 is 0 Å². The average Bonchev–Trinajstić information content (AvgIpc) is 0.919. The molecule has 0 amide bonds. The summed E-state index contributed by atoms with van der Waals surface area (Å²) in [5.74, 6) is -1.30. The Labute approximate surface area is 613 Å². The molecule has 17 nitrogen and oxygen atoms in total. The maximum atomic E-state index is 13.1. The normalized spacial score (nSPS) is 14.1. The second kappa shape index (κ2) is 73.9. The first-order chi connectivity index (χ1) is 48.6. The molecule has 594 valence electrons. The molecule has 0 heterocycles. The van der Waals surface area contributed by atoms with E-state index in [4.69, 9.17) is 37.0 Å². The van der Waals surface area contributed by atoms with E-state index in [0.717, 1.165) is 95.8 Å². The maximum absolute atomic E-state index is 13.1. The van der Waals surface area contributed by atoms with Gasteiger partial charge in [-0.05, 0) is 31.6 Å². The minimum atomic E-state index is -4.96. The molecule has 100 heavy (non-hydrogen) atoms. The van der Waals surface area contributed by atoms with Crippen molar-refractivity contribution < 1.29 is 80.2 Å². The van der Waals surface area contributed by atoms with Crippen LogP contribution in [0.5, 0.6) is 0 Å². The van der Waals surface area contributed by atoms with Gasteiger partial charge in [-0.2, -0.15) is 0 Å². The molecule has 19 heteroatoms. The van der Waals surface area contributed by atoms with Crippen molar-refractivity contribution in [1.29, 1.82) is 0 Å². The summed E-state index contributed by atoms with van der Waals surface area (Å²) in [5, 5.41) is 10.6. The zero-order valence-corrected chi connectivity index (χ0v) is 67.1. The zero-order valence-electron chi connectivity index (χ0n) is 65.3. The Morgan fingerprint density at radius 2 is 0.480 bits per heavy atom. The highest BCUT2D eigenvalue weighted by Gasteiger charge is 2.30. The minimum Gasteiger partial charge on any atom is -0.462 e. The van der Waals surface area contributed by atoms with E-state index in [2.05, 4.69) is 34.6 Å². The molecule has 0 aliphatic heterocycles. The molecule has 0 aromatic heterocycles. The van der Waals surface area contributed by atoms with Gasteiger partial charge in [0.1, 0.15) is 19.3 Å². The molecule has 0 aromatic rings. The number of phosphoric ester groups is 2. The Hall–Kier alpha value is -1.94. The van der Waals surface area contributed by atoms with Crippen LogP contribution in [0.2, 0.25) is 0 Å².